The molecule has 0 amide bonds. The lowest BCUT2D eigenvalue weighted by molar-refractivity contribution is 0.411. The number of hydrogen-bond acceptors (Lipinski definition) is 5. The van der Waals surface area contributed by atoms with Crippen molar-refractivity contribution in [2.75, 3.05) is 5.43 Å². The molecule has 3 rings (SSSR count). The Morgan fingerprint density at radius 1 is 1.24 bits per heavy atom. The van der Waals surface area contributed by atoms with Crippen LogP contribution < -0.4 is 16.0 Å². The van der Waals surface area contributed by atoms with E-state index in [0.29, 0.717) is 5.65 Å². The van der Waals surface area contributed by atoms with Crippen molar-refractivity contribution >= 4 is 21.5 Å². The quantitative estimate of drug-likeness (QED) is 0.582. The lowest BCUT2D eigenvalue weighted by atomic mass is 9.96. The van der Waals surface area contributed by atoms with Crippen molar-refractivity contribution in [3.8, 4) is 0 Å². The molecule has 0 bridgehead atoms. The second-order valence-corrected chi connectivity index (χ2v) is 6.92. The van der Waals surface area contributed by atoms with Gasteiger partial charge in [-0.05, 0) is 25.0 Å². The Hall–Kier alpha value is -1.64. The molecule has 0 spiro atoms. The van der Waals surface area contributed by atoms with Crippen LogP contribution in [0, 0.1) is 0 Å². The van der Waals surface area contributed by atoms with E-state index in [1.807, 2.05) is 0 Å². The van der Waals surface area contributed by atoms with Crippen molar-refractivity contribution in [3.05, 3.63) is 24.4 Å². The standard InChI is InChI=1S/C13H19N5O2S/c14-16-12-13(18-9-5-4-8-11(18)15-12)21(19,20)17-10-6-2-1-3-7-10/h4-5,8-10,16-17H,1-3,6-7,14H2. The number of imidazole rings is 1. The van der Waals surface area contributed by atoms with Crippen molar-refractivity contribution in [2.24, 2.45) is 5.84 Å². The number of nitrogens with one attached hydrogen (secondary N) is 2. The van der Waals surface area contributed by atoms with Crippen molar-refractivity contribution < 1.29 is 8.42 Å². The van der Waals surface area contributed by atoms with Gasteiger partial charge < -0.3 is 5.43 Å². The summed E-state index contributed by atoms with van der Waals surface area (Å²) in [6.07, 6.45) is 6.70. The molecular weight excluding hydrogens is 290 g/mol. The zero-order chi connectivity index (χ0) is 14.9. The molecule has 0 saturated heterocycles. The van der Waals surface area contributed by atoms with Crippen LogP contribution in [0.1, 0.15) is 32.1 Å². The van der Waals surface area contributed by atoms with E-state index in [9.17, 15) is 8.42 Å². The Morgan fingerprint density at radius 2 is 2.00 bits per heavy atom. The monoisotopic (exact) mass is 309 g/mol. The Bertz CT molecular complexity index is 734. The van der Waals surface area contributed by atoms with Gasteiger partial charge in [0.2, 0.25) is 0 Å². The molecule has 0 aliphatic heterocycles. The Labute approximate surface area is 123 Å². The van der Waals surface area contributed by atoms with E-state index in [1.165, 1.54) is 10.8 Å². The zero-order valence-electron chi connectivity index (χ0n) is 11.6. The zero-order valence-corrected chi connectivity index (χ0v) is 12.4. The average Bonchev–Trinajstić information content (AvgIpc) is 2.87. The third kappa shape index (κ3) is 2.74. The fourth-order valence-electron chi connectivity index (χ4n) is 2.82. The predicted octanol–water partition coefficient (Wildman–Crippen LogP) is 1.23. The van der Waals surface area contributed by atoms with Crippen LogP contribution in [0.15, 0.2) is 29.4 Å². The summed E-state index contributed by atoms with van der Waals surface area (Å²) in [5.74, 6) is 5.58. The van der Waals surface area contributed by atoms with Gasteiger partial charge in [0.1, 0.15) is 5.65 Å². The number of nitrogen functional groups attached to an aromatic ring is 1. The molecule has 0 unspecified atom stereocenters. The van der Waals surface area contributed by atoms with E-state index in [0.717, 1.165) is 25.7 Å². The summed E-state index contributed by atoms with van der Waals surface area (Å²) in [6.45, 7) is 0. The predicted molar refractivity (Wildman–Crippen MR) is 80.2 cm³/mol. The summed E-state index contributed by atoms with van der Waals surface area (Å²) in [7, 11) is -3.68. The highest BCUT2D eigenvalue weighted by Gasteiger charge is 2.28. The maximum absolute atomic E-state index is 12.7. The normalized spacial score (nSPS) is 17.2. The van der Waals surface area contributed by atoms with Crippen LogP contribution in [0.4, 0.5) is 5.82 Å². The summed E-state index contributed by atoms with van der Waals surface area (Å²) in [5.41, 5.74) is 2.91. The van der Waals surface area contributed by atoms with Gasteiger partial charge in [-0.25, -0.2) is 24.0 Å². The van der Waals surface area contributed by atoms with Crippen LogP contribution in [0.25, 0.3) is 5.65 Å². The maximum Gasteiger partial charge on any atom is 0.260 e. The van der Waals surface area contributed by atoms with Gasteiger partial charge in [-0.3, -0.25) is 4.40 Å². The minimum atomic E-state index is -3.68. The first-order valence-electron chi connectivity index (χ1n) is 7.08. The molecule has 4 N–H and O–H groups in total. The molecule has 8 heteroatoms. The van der Waals surface area contributed by atoms with E-state index in [1.54, 1.807) is 24.4 Å². The molecular formula is C13H19N5O2S. The topological polar surface area (TPSA) is 102 Å². The second kappa shape index (κ2) is 5.63. The first kappa shape index (κ1) is 14.3. The van der Waals surface area contributed by atoms with Gasteiger partial charge in [0.15, 0.2) is 10.8 Å². The maximum atomic E-state index is 12.7. The minimum Gasteiger partial charge on any atom is -0.306 e. The fraction of sp³-hybridized carbons (Fsp3) is 0.462. The lowest BCUT2D eigenvalue weighted by Gasteiger charge is -2.22. The molecule has 2 aromatic rings. The minimum absolute atomic E-state index is 0.0105. The third-order valence-corrected chi connectivity index (χ3v) is 5.35. The largest absolute Gasteiger partial charge is 0.306 e. The first-order valence-corrected chi connectivity index (χ1v) is 8.56. The van der Waals surface area contributed by atoms with Gasteiger partial charge in [0, 0.05) is 12.2 Å². The fourth-order valence-corrected chi connectivity index (χ4v) is 4.38. The van der Waals surface area contributed by atoms with Crippen molar-refractivity contribution in [2.45, 2.75) is 43.2 Å². The van der Waals surface area contributed by atoms with E-state index in [-0.39, 0.29) is 16.9 Å². The van der Waals surface area contributed by atoms with E-state index >= 15 is 0 Å². The number of nitrogens with two attached hydrogens (primary N) is 1. The van der Waals surface area contributed by atoms with Gasteiger partial charge in [-0.15, -0.1) is 0 Å². The van der Waals surface area contributed by atoms with E-state index in [2.05, 4.69) is 15.1 Å². The summed E-state index contributed by atoms with van der Waals surface area (Å²) in [6, 6.07) is 5.28. The van der Waals surface area contributed by atoms with Crippen LogP contribution in [0.5, 0.6) is 0 Å². The average molecular weight is 309 g/mol. The summed E-state index contributed by atoms with van der Waals surface area (Å²) in [5, 5.41) is 0.0613. The van der Waals surface area contributed by atoms with Crippen LogP contribution in [0.2, 0.25) is 0 Å². The number of hydrogen-bond donors (Lipinski definition) is 3. The summed E-state index contributed by atoms with van der Waals surface area (Å²) < 4.78 is 29.7. The van der Waals surface area contributed by atoms with Crippen LogP contribution >= 0.6 is 0 Å². The van der Waals surface area contributed by atoms with Gasteiger partial charge in [0.25, 0.3) is 10.0 Å². The van der Waals surface area contributed by atoms with Gasteiger partial charge >= 0.3 is 0 Å². The van der Waals surface area contributed by atoms with Crippen molar-refractivity contribution in [1.82, 2.24) is 14.1 Å². The smallest absolute Gasteiger partial charge is 0.260 e. The number of rotatable bonds is 4. The summed E-state index contributed by atoms with van der Waals surface area (Å²) >= 11 is 0. The summed E-state index contributed by atoms with van der Waals surface area (Å²) in [4.78, 5) is 4.20. The Balaban J connectivity index is 2.01. The lowest BCUT2D eigenvalue weighted by Crippen LogP contribution is -2.37. The molecule has 21 heavy (non-hydrogen) atoms. The number of hydrazine groups is 1. The molecule has 2 aromatic heterocycles. The molecule has 7 nitrogen and oxygen atoms in total. The Kier molecular flexibility index (Phi) is 3.83. The highest BCUT2D eigenvalue weighted by Crippen LogP contribution is 2.24. The molecule has 1 fully saturated rings. The van der Waals surface area contributed by atoms with E-state index < -0.39 is 10.0 Å². The van der Waals surface area contributed by atoms with Gasteiger partial charge in [0.05, 0.1) is 0 Å². The van der Waals surface area contributed by atoms with Gasteiger partial charge in [-0.1, -0.05) is 25.3 Å². The highest BCUT2D eigenvalue weighted by molar-refractivity contribution is 7.89. The van der Waals surface area contributed by atoms with Gasteiger partial charge in [-0.2, -0.15) is 0 Å². The number of pyridine rings is 1. The van der Waals surface area contributed by atoms with Crippen LogP contribution in [0.3, 0.4) is 0 Å². The molecule has 0 atom stereocenters. The number of fused-ring (bicyclic) bond motifs is 1. The molecule has 1 aliphatic carbocycles. The number of anilines is 1. The first-order chi connectivity index (χ1) is 10.1. The number of sulfonamides is 1. The molecule has 114 valence electrons. The van der Waals surface area contributed by atoms with Crippen molar-refractivity contribution in [3.63, 3.8) is 0 Å². The third-order valence-electron chi connectivity index (χ3n) is 3.80. The molecule has 1 aliphatic rings. The van der Waals surface area contributed by atoms with Crippen LogP contribution in [-0.4, -0.2) is 23.8 Å². The number of nitrogens with zero attached hydrogens (tertiary/aromatic N) is 2. The molecule has 0 radical (unpaired) electrons. The molecule has 2 heterocycles. The number of aromatic nitrogens is 2. The molecule has 1 saturated carbocycles. The second-order valence-electron chi connectivity index (χ2n) is 5.29. The van der Waals surface area contributed by atoms with Crippen LogP contribution in [-0.2, 0) is 10.0 Å². The van der Waals surface area contributed by atoms with Crippen molar-refractivity contribution in [1.29, 1.82) is 0 Å². The molecule has 0 aromatic carbocycles. The SMILES string of the molecule is NNc1nc2ccccn2c1S(=O)(=O)NC1CCCCC1. The van der Waals surface area contributed by atoms with E-state index in [4.69, 9.17) is 5.84 Å². The Morgan fingerprint density at radius 3 is 2.71 bits per heavy atom. The highest BCUT2D eigenvalue weighted by atomic mass is 32.2.